The van der Waals surface area contributed by atoms with Crippen LogP contribution in [0.25, 0.3) is 0 Å². The van der Waals surface area contributed by atoms with Crippen LogP contribution < -0.4 is 5.73 Å². The molecule has 3 nitrogen and oxygen atoms in total. The number of aliphatic hydroxyl groups excluding tert-OH is 1. The van der Waals surface area contributed by atoms with E-state index in [1.54, 1.807) is 0 Å². The SMILES string of the molecule is NCCC(=O)CCO. The summed E-state index contributed by atoms with van der Waals surface area (Å²) in [4.78, 5) is 10.4. The summed E-state index contributed by atoms with van der Waals surface area (Å²) in [6.45, 7) is 0.331. The Labute approximate surface area is 48.5 Å². The molecule has 0 aromatic heterocycles. The van der Waals surface area contributed by atoms with E-state index >= 15 is 0 Å². The molecule has 0 aliphatic rings. The molecule has 3 N–H and O–H groups in total. The fourth-order valence-corrected chi connectivity index (χ4v) is 0.411. The van der Waals surface area contributed by atoms with E-state index in [4.69, 9.17) is 10.8 Å². The highest BCUT2D eigenvalue weighted by Gasteiger charge is 1.95. The van der Waals surface area contributed by atoms with Crippen molar-refractivity contribution in [2.24, 2.45) is 5.73 Å². The van der Waals surface area contributed by atoms with Crippen molar-refractivity contribution in [3.63, 3.8) is 0 Å². The molecule has 3 heteroatoms. The molecule has 0 fully saturated rings. The van der Waals surface area contributed by atoms with E-state index in [0.717, 1.165) is 0 Å². The van der Waals surface area contributed by atoms with Crippen LogP contribution in [0.3, 0.4) is 0 Å². The minimum absolute atomic E-state index is 0.0370. The summed E-state index contributed by atoms with van der Waals surface area (Å²) in [6.07, 6.45) is 0.637. The van der Waals surface area contributed by atoms with Crippen molar-refractivity contribution >= 4 is 5.78 Å². The summed E-state index contributed by atoms with van der Waals surface area (Å²) in [6, 6.07) is 0. The highest BCUT2D eigenvalue weighted by molar-refractivity contribution is 5.78. The standard InChI is InChI=1S/C5H11NO2/c6-3-1-5(8)2-4-7/h7H,1-4,6H2. The van der Waals surface area contributed by atoms with Crippen LogP contribution in [0, 0.1) is 0 Å². The maximum atomic E-state index is 10.4. The summed E-state index contributed by atoms with van der Waals surface area (Å²) in [7, 11) is 0. The Kier molecular flexibility index (Phi) is 4.50. The number of hydrogen-bond acceptors (Lipinski definition) is 3. The van der Waals surface area contributed by atoms with Crippen LogP contribution >= 0.6 is 0 Å². The number of carbonyl (C=O) groups excluding carboxylic acids is 1. The number of Topliss-reactive ketones (excluding diaryl/α,β-unsaturated/α-hetero) is 1. The zero-order valence-electron chi connectivity index (χ0n) is 4.76. The Bertz CT molecular complexity index is 64.8. The van der Waals surface area contributed by atoms with Crippen LogP contribution in [0.5, 0.6) is 0 Å². The Morgan fingerprint density at radius 1 is 1.50 bits per heavy atom. The maximum Gasteiger partial charge on any atom is 0.136 e. The van der Waals surface area contributed by atoms with Gasteiger partial charge in [-0.1, -0.05) is 0 Å². The lowest BCUT2D eigenvalue weighted by Crippen LogP contribution is -2.08. The van der Waals surface area contributed by atoms with E-state index in [1.165, 1.54) is 0 Å². The normalized spacial score (nSPS) is 9.25. The van der Waals surface area contributed by atoms with Crippen molar-refractivity contribution < 1.29 is 9.90 Å². The maximum absolute atomic E-state index is 10.4. The van der Waals surface area contributed by atoms with E-state index in [1.807, 2.05) is 0 Å². The number of nitrogens with two attached hydrogens (primary N) is 1. The Morgan fingerprint density at radius 3 is 2.50 bits per heavy atom. The van der Waals surface area contributed by atoms with Crippen LogP contribution in [0.2, 0.25) is 0 Å². The summed E-state index contributed by atoms with van der Waals surface area (Å²) in [5, 5.41) is 8.20. The average molecular weight is 117 g/mol. The van der Waals surface area contributed by atoms with Crippen molar-refractivity contribution in [2.75, 3.05) is 13.2 Å². The molecule has 0 amide bonds. The first-order valence-electron chi connectivity index (χ1n) is 2.64. The van der Waals surface area contributed by atoms with E-state index < -0.39 is 0 Å². The molecule has 0 heterocycles. The summed E-state index contributed by atoms with van der Waals surface area (Å²) in [5.41, 5.74) is 5.06. The van der Waals surface area contributed by atoms with Crippen LogP contribution in [-0.4, -0.2) is 24.0 Å². The van der Waals surface area contributed by atoms with Gasteiger partial charge in [-0.15, -0.1) is 0 Å². The predicted octanol–water partition coefficient (Wildman–Crippen LogP) is -0.713. The monoisotopic (exact) mass is 117 g/mol. The third-order valence-corrected chi connectivity index (χ3v) is 0.814. The molecule has 48 valence electrons. The van der Waals surface area contributed by atoms with Crippen molar-refractivity contribution in [1.29, 1.82) is 0 Å². The minimum atomic E-state index is -0.0567. The van der Waals surface area contributed by atoms with Crippen LogP contribution in [-0.2, 0) is 4.79 Å². The van der Waals surface area contributed by atoms with Crippen molar-refractivity contribution in [3.05, 3.63) is 0 Å². The molecule has 0 bridgehead atoms. The highest BCUT2D eigenvalue weighted by Crippen LogP contribution is 1.84. The molecular weight excluding hydrogens is 106 g/mol. The largest absolute Gasteiger partial charge is 0.396 e. The lowest BCUT2D eigenvalue weighted by atomic mass is 10.2. The lowest BCUT2D eigenvalue weighted by molar-refractivity contribution is -0.119. The van der Waals surface area contributed by atoms with Gasteiger partial charge in [0.05, 0.1) is 0 Å². The lowest BCUT2D eigenvalue weighted by Gasteiger charge is -1.91. The quantitative estimate of drug-likeness (QED) is 0.511. The van der Waals surface area contributed by atoms with Crippen molar-refractivity contribution in [1.82, 2.24) is 0 Å². The second-order valence-electron chi connectivity index (χ2n) is 1.55. The molecule has 0 radical (unpaired) electrons. The third kappa shape index (κ3) is 3.77. The molecule has 0 spiro atoms. The fourth-order valence-electron chi connectivity index (χ4n) is 0.411. The summed E-state index contributed by atoms with van der Waals surface area (Å²) < 4.78 is 0. The second kappa shape index (κ2) is 4.74. The topological polar surface area (TPSA) is 63.3 Å². The number of aliphatic hydroxyl groups is 1. The third-order valence-electron chi connectivity index (χ3n) is 0.814. The molecule has 0 aromatic rings. The second-order valence-corrected chi connectivity index (χ2v) is 1.55. The van der Waals surface area contributed by atoms with Gasteiger partial charge in [0.25, 0.3) is 0 Å². The molecule has 0 aliphatic carbocycles. The summed E-state index contributed by atoms with van der Waals surface area (Å²) in [5.74, 6) is 0.0370. The Balaban J connectivity index is 3.06. The van der Waals surface area contributed by atoms with Crippen LogP contribution in [0.1, 0.15) is 12.8 Å². The van der Waals surface area contributed by atoms with Gasteiger partial charge < -0.3 is 10.8 Å². The van der Waals surface area contributed by atoms with Gasteiger partial charge in [-0.05, 0) is 6.54 Å². The number of carbonyl (C=O) groups is 1. The van der Waals surface area contributed by atoms with Gasteiger partial charge in [0.2, 0.25) is 0 Å². The molecular formula is C5H11NO2. The van der Waals surface area contributed by atoms with Gasteiger partial charge in [0.15, 0.2) is 0 Å². The van der Waals surface area contributed by atoms with E-state index in [9.17, 15) is 4.79 Å². The van der Waals surface area contributed by atoms with E-state index in [-0.39, 0.29) is 18.8 Å². The first kappa shape index (κ1) is 7.59. The Morgan fingerprint density at radius 2 is 2.12 bits per heavy atom. The smallest absolute Gasteiger partial charge is 0.136 e. The molecule has 0 aliphatic heterocycles. The zero-order chi connectivity index (χ0) is 6.41. The van der Waals surface area contributed by atoms with Gasteiger partial charge >= 0.3 is 0 Å². The number of ketones is 1. The number of hydrogen-bond donors (Lipinski definition) is 2. The molecule has 0 aromatic carbocycles. The van der Waals surface area contributed by atoms with Crippen LogP contribution in [0.15, 0.2) is 0 Å². The zero-order valence-corrected chi connectivity index (χ0v) is 4.76. The van der Waals surface area contributed by atoms with Crippen LogP contribution in [0.4, 0.5) is 0 Å². The van der Waals surface area contributed by atoms with Gasteiger partial charge in [0.1, 0.15) is 5.78 Å². The molecule has 0 saturated carbocycles. The average Bonchev–Trinajstić information content (AvgIpc) is 1.68. The van der Waals surface area contributed by atoms with Gasteiger partial charge in [-0.25, -0.2) is 0 Å². The summed E-state index contributed by atoms with van der Waals surface area (Å²) >= 11 is 0. The predicted molar refractivity (Wildman–Crippen MR) is 30.4 cm³/mol. The molecule has 0 unspecified atom stereocenters. The van der Waals surface area contributed by atoms with Crippen molar-refractivity contribution in [3.8, 4) is 0 Å². The Hall–Kier alpha value is -0.410. The van der Waals surface area contributed by atoms with Gasteiger partial charge in [0, 0.05) is 19.4 Å². The fraction of sp³-hybridized carbons (Fsp3) is 0.800. The first-order chi connectivity index (χ1) is 3.81. The van der Waals surface area contributed by atoms with Gasteiger partial charge in [-0.3, -0.25) is 4.79 Å². The van der Waals surface area contributed by atoms with Gasteiger partial charge in [-0.2, -0.15) is 0 Å². The molecule has 0 atom stereocenters. The van der Waals surface area contributed by atoms with Crippen molar-refractivity contribution in [2.45, 2.75) is 12.8 Å². The van der Waals surface area contributed by atoms with E-state index in [2.05, 4.69) is 0 Å². The molecule has 0 saturated heterocycles. The molecule has 8 heavy (non-hydrogen) atoms. The minimum Gasteiger partial charge on any atom is -0.396 e. The molecule has 0 rings (SSSR count). The van der Waals surface area contributed by atoms with E-state index in [0.29, 0.717) is 13.0 Å². The highest BCUT2D eigenvalue weighted by atomic mass is 16.3. The first-order valence-corrected chi connectivity index (χ1v) is 2.64. The number of rotatable bonds is 4.